The first-order chi connectivity index (χ1) is 10.6. The van der Waals surface area contributed by atoms with Crippen LogP contribution in [0.4, 0.5) is 0 Å². The zero-order chi connectivity index (χ0) is 15.6. The molecule has 1 N–H and O–H groups in total. The van der Waals surface area contributed by atoms with Gasteiger partial charge in [-0.05, 0) is 25.0 Å². The number of benzene rings is 1. The summed E-state index contributed by atoms with van der Waals surface area (Å²) in [6.07, 6.45) is 4.82. The number of aryl methyl sites for hydroxylation is 1. The van der Waals surface area contributed by atoms with Crippen LogP contribution in [0.15, 0.2) is 28.8 Å². The Bertz CT molecular complexity index is 678. The minimum Gasteiger partial charge on any atom is -0.340 e. The fourth-order valence-corrected chi connectivity index (χ4v) is 3.21. The van der Waals surface area contributed by atoms with Crippen LogP contribution < -0.4 is 5.32 Å². The first-order valence-corrected chi connectivity index (χ1v) is 7.86. The van der Waals surface area contributed by atoms with E-state index >= 15 is 0 Å². The van der Waals surface area contributed by atoms with E-state index in [4.69, 9.17) is 16.1 Å². The van der Waals surface area contributed by atoms with Gasteiger partial charge >= 0.3 is 0 Å². The Kier molecular flexibility index (Phi) is 4.16. The molecule has 1 saturated carbocycles. The van der Waals surface area contributed by atoms with Crippen molar-refractivity contribution < 1.29 is 9.32 Å². The molecule has 1 aromatic heterocycles. The van der Waals surface area contributed by atoms with E-state index in [9.17, 15) is 4.79 Å². The quantitative estimate of drug-likeness (QED) is 0.938. The van der Waals surface area contributed by atoms with Crippen molar-refractivity contribution in [3.05, 3.63) is 46.6 Å². The van der Waals surface area contributed by atoms with Gasteiger partial charge in [-0.2, -0.15) is 4.98 Å². The van der Waals surface area contributed by atoms with Gasteiger partial charge in [0.05, 0.1) is 10.6 Å². The van der Waals surface area contributed by atoms with E-state index in [1.165, 1.54) is 0 Å². The van der Waals surface area contributed by atoms with Crippen molar-refractivity contribution in [1.82, 2.24) is 15.5 Å². The highest BCUT2D eigenvalue weighted by Crippen LogP contribution is 2.36. The average Bonchev–Trinajstić information content (AvgIpc) is 2.96. The van der Waals surface area contributed by atoms with Crippen molar-refractivity contribution in [3.63, 3.8) is 0 Å². The number of nitrogens with one attached hydrogen (secondary N) is 1. The maximum Gasteiger partial charge on any atom is 0.253 e. The van der Waals surface area contributed by atoms with Crippen LogP contribution in [-0.2, 0) is 5.54 Å². The smallest absolute Gasteiger partial charge is 0.253 e. The number of aromatic nitrogens is 2. The molecule has 0 bridgehead atoms. The van der Waals surface area contributed by atoms with Gasteiger partial charge in [-0.15, -0.1) is 0 Å². The van der Waals surface area contributed by atoms with Crippen LogP contribution in [0, 0.1) is 6.92 Å². The van der Waals surface area contributed by atoms with Crippen LogP contribution in [-0.4, -0.2) is 16.0 Å². The van der Waals surface area contributed by atoms with Crippen molar-refractivity contribution in [2.75, 3.05) is 0 Å². The molecule has 3 rings (SSSR count). The summed E-state index contributed by atoms with van der Waals surface area (Å²) in [7, 11) is 0. The Morgan fingerprint density at radius 1 is 1.27 bits per heavy atom. The molecule has 0 aliphatic heterocycles. The maximum atomic E-state index is 12.6. The third-order valence-electron chi connectivity index (χ3n) is 4.13. The Hall–Kier alpha value is -1.88. The van der Waals surface area contributed by atoms with Crippen LogP contribution in [0.3, 0.4) is 0 Å². The molecule has 0 spiro atoms. The lowest BCUT2D eigenvalue weighted by Crippen LogP contribution is -2.48. The molecular formula is C16H18ClN3O2. The third kappa shape index (κ3) is 2.86. The van der Waals surface area contributed by atoms with E-state index in [1.54, 1.807) is 31.2 Å². The Labute approximate surface area is 134 Å². The Morgan fingerprint density at radius 2 is 2.00 bits per heavy atom. The highest BCUT2D eigenvalue weighted by atomic mass is 35.5. The highest BCUT2D eigenvalue weighted by Gasteiger charge is 2.40. The summed E-state index contributed by atoms with van der Waals surface area (Å²) in [4.78, 5) is 17.0. The van der Waals surface area contributed by atoms with Crippen LogP contribution >= 0.6 is 11.6 Å². The first kappa shape index (κ1) is 15.0. The highest BCUT2D eigenvalue weighted by molar-refractivity contribution is 6.33. The molecule has 1 fully saturated rings. The fourth-order valence-electron chi connectivity index (χ4n) is 2.98. The van der Waals surface area contributed by atoms with Gasteiger partial charge in [0, 0.05) is 6.92 Å². The first-order valence-electron chi connectivity index (χ1n) is 7.49. The van der Waals surface area contributed by atoms with Crippen molar-refractivity contribution >= 4 is 17.5 Å². The molecule has 6 heteroatoms. The standard InChI is InChI=1S/C16H18ClN3O2/c1-11-18-15(20-22-11)16(9-5-2-6-10-16)19-14(21)12-7-3-4-8-13(12)17/h3-4,7-8H,2,5-6,9-10H2,1H3,(H,19,21). The number of rotatable bonds is 3. The maximum absolute atomic E-state index is 12.6. The van der Waals surface area contributed by atoms with Gasteiger partial charge in [0.15, 0.2) is 5.82 Å². The van der Waals surface area contributed by atoms with E-state index in [-0.39, 0.29) is 5.91 Å². The number of amides is 1. The van der Waals surface area contributed by atoms with Crippen LogP contribution in [0.2, 0.25) is 5.02 Å². The number of nitrogens with zero attached hydrogens (tertiary/aromatic N) is 2. The molecule has 1 heterocycles. The number of carbonyl (C=O) groups is 1. The SMILES string of the molecule is Cc1nc(C2(NC(=O)c3ccccc3Cl)CCCCC2)no1. The van der Waals surface area contributed by atoms with Crippen molar-refractivity contribution in [2.24, 2.45) is 0 Å². The summed E-state index contributed by atoms with van der Waals surface area (Å²) in [5.74, 6) is 0.868. The number of halogens is 1. The summed E-state index contributed by atoms with van der Waals surface area (Å²) >= 11 is 6.12. The lowest BCUT2D eigenvalue weighted by atomic mass is 9.80. The van der Waals surface area contributed by atoms with Gasteiger partial charge in [-0.3, -0.25) is 4.79 Å². The zero-order valence-corrected chi connectivity index (χ0v) is 13.2. The van der Waals surface area contributed by atoms with Gasteiger partial charge in [0.25, 0.3) is 5.91 Å². The summed E-state index contributed by atoms with van der Waals surface area (Å²) in [5, 5.41) is 7.60. The number of carbonyl (C=O) groups excluding carboxylic acids is 1. The van der Waals surface area contributed by atoms with Gasteiger partial charge in [-0.25, -0.2) is 0 Å². The van der Waals surface area contributed by atoms with Crippen molar-refractivity contribution in [2.45, 2.75) is 44.6 Å². The molecule has 1 aliphatic rings. The molecule has 1 aromatic carbocycles. The van der Waals surface area contributed by atoms with E-state index < -0.39 is 5.54 Å². The number of hydrogen-bond acceptors (Lipinski definition) is 4. The van der Waals surface area contributed by atoms with E-state index in [1.807, 2.05) is 0 Å². The van der Waals surface area contributed by atoms with Crippen LogP contribution in [0.1, 0.15) is 54.2 Å². The molecule has 0 saturated heterocycles. The molecule has 0 unspecified atom stereocenters. The van der Waals surface area contributed by atoms with Gasteiger partial charge in [0.2, 0.25) is 5.89 Å². The van der Waals surface area contributed by atoms with Crippen LogP contribution in [0.5, 0.6) is 0 Å². The molecule has 1 aliphatic carbocycles. The summed E-state index contributed by atoms with van der Waals surface area (Å²) < 4.78 is 5.12. The largest absolute Gasteiger partial charge is 0.340 e. The van der Waals surface area contributed by atoms with Crippen molar-refractivity contribution in [3.8, 4) is 0 Å². The minimum atomic E-state index is -0.563. The monoisotopic (exact) mass is 319 g/mol. The normalized spacial score (nSPS) is 17.2. The molecular weight excluding hydrogens is 302 g/mol. The number of hydrogen-bond donors (Lipinski definition) is 1. The second-order valence-electron chi connectivity index (χ2n) is 5.71. The molecule has 5 nitrogen and oxygen atoms in total. The molecule has 22 heavy (non-hydrogen) atoms. The van der Waals surface area contributed by atoms with Gasteiger partial charge in [-0.1, -0.05) is 48.2 Å². The molecule has 0 atom stereocenters. The topological polar surface area (TPSA) is 68.0 Å². The minimum absolute atomic E-state index is 0.199. The van der Waals surface area contributed by atoms with Gasteiger partial charge in [0.1, 0.15) is 5.54 Å². The van der Waals surface area contributed by atoms with Gasteiger partial charge < -0.3 is 9.84 Å². The summed E-state index contributed by atoms with van der Waals surface area (Å²) in [5.41, 5.74) is -0.0963. The zero-order valence-electron chi connectivity index (χ0n) is 12.4. The van der Waals surface area contributed by atoms with Crippen LogP contribution in [0.25, 0.3) is 0 Å². The molecule has 2 aromatic rings. The summed E-state index contributed by atoms with van der Waals surface area (Å²) in [6.45, 7) is 1.75. The second kappa shape index (κ2) is 6.08. The van der Waals surface area contributed by atoms with E-state index in [0.717, 1.165) is 32.1 Å². The van der Waals surface area contributed by atoms with E-state index in [2.05, 4.69) is 15.5 Å². The second-order valence-corrected chi connectivity index (χ2v) is 6.12. The Morgan fingerprint density at radius 3 is 2.64 bits per heavy atom. The average molecular weight is 320 g/mol. The molecule has 0 radical (unpaired) electrons. The lowest BCUT2D eigenvalue weighted by Gasteiger charge is -2.35. The molecule has 116 valence electrons. The summed E-state index contributed by atoms with van der Waals surface area (Å²) in [6, 6.07) is 7.03. The Balaban J connectivity index is 1.91. The van der Waals surface area contributed by atoms with E-state index in [0.29, 0.717) is 22.3 Å². The lowest BCUT2D eigenvalue weighted by molar-refractivity contribution is 0.0855. The molecule has 1 amide bonds. The van der Waals surface area contributed by atoms with Crippen molar-refractivity contribution in [1.29, 1.82) is 0 Å². The fraction of sp³-hybridized carbons (Fsp3) is 0.438. The third-order valence-corrected chi connectivity index (χ3v) is 4.46. The predicted octanol–water partition coefficient (Wildman–Crippen LogP) is 3.62. The predicted molar refractivity (Wildman–Crippen MR) is 82.7 cm³/mol.